The molecular weight excluding hydrogens is 222 g/mol. The highest BCUT2D eigenvalue weighted by atomic mass is 16.5. The largest absolute Gasteiger partial charge is 0.464 e. The van der Waals surface area contributed by atoms with Crippen LogP contribution in [0.15, 0.2) is 0 Å². The lowest BCUT2D eigenvalue weighted by atomic mass is 9.91. The van der Waals surface area contributed by atoms with Gasteiger partial charge in [0.25, 0.3) is 0 Å². The molecule has 6 heteroatoms. The van der Waals surface area contributed by atoms with Gasteiger partial charge in [-0.3, -0.25) is 4.79 Å². The van der Waals surface area contributed by atoms with Crippen molar-refractivity contribution in [3.05, 3.63) is 0 Å². The molecule has 1 aliphatic rings. The van der Waals surface area contributed by atoms with E-state index < -0.39 is 17.9 Å². The summed E-state index contributed by atoms with van der Waals surface area (Å²) in [6, 6.07) is -0.935. The fourth-order valence-corrected chi connectivity index (χ4v) is 1.89. The van der Waals surface area contributed by atoms with Crippen molar-refractivity contribution < 1.29 is 14.3 Å². The van der Waals surface area contributed by atoms with Crippen molar-refractivity contribution in [2.45, 2.75) is 50.7 Å². The number of rotatable bonds is 4. The van der Waals surface area contributed by atoms with Gasteiger partial charge in [0.05, 0.1) is 6.61 Å². The third kappa shape index (κ3) is 4.32. The lowest BCUT2D eigenvalue weighted by Gasteiger charge is -2.27. The Kier molecular flexibility index (Phi) is 5.37. The molecule has 1 fully saturated rings. The molecule has 1 rings (SSSR count). The molecule has 0 bridgehead atoms. The minimum Gasteiger partial charge on any atom is -0.464 e. The monoisotopic (exact) mass is 243 g/mol. The Morgan fingerprint density at radius 3 is 2.47 bits per heavy atom. The summed E-state index contributed by atoms with van der Waals surface area (Å²) >= 11 is 0. The van der Waals surface area contributed by atoms with E-state index >= 15 is 0 Å². The average molecular weight is 243 g/mol. The molecule has 1 unspecified atom stereocenters. The van der Waals surface area contributed by atoms with Gasteiger partial charge in [-0.2, -0.15) is 0 Å². The number of hydrogen-bond donors (Lipinski definition) is 3. The molecule has 0 spiro atoms. The van der Waals surface area contributed by atoms with Crippen LogP contribution in [0.25, 0.3) is 0 Å². The van der Waals surface area contributed by atoms with Crippen LogP contribution in [-0.2, 0) is 14.3 Å². The predicted octanol–water partition coefficient (Wildman–Crippen LogP) is -0.737. The summed E-state index contributed by atoms with van der Waals surface area (Å²) < 4.78 is 4.69. The normalized spacial score (nSPS) is 26.1. The Morgan fingerprint density at radius 1 is 1.35 bits per heavy atom. The van der Waals surface area contributed by atoms with E-state index in [1.165, 1.54) is 0 Å². The number of carbonyl (C=O) groups excluding carboxylic acids is 2. The fraction of sp³-hybridized carbons (Fsp3) is 0.818. The van der Waals surface area contributed by atoms with Crippen LogP contribution in [0.3, 0.4) is 0 Å². The fourth-order valence-electron chi connectivity index (χ4n) is 1.89. The maximum absolute atomic E-state index is 11.6. The summed E-state index contributed by atoms with van der Waals surface area (Å²) in [6.07, 6.45) is 3.45. The van der Waals surface area contributed by atoms with Crippen LogP contribution in [-0.4, -0.2) is 36.6 Å². The molecule has 1 aliphatic carbocycles. The first-order valence-corrected chi connectivity index (χ1v) is 6.02. The molecule has 0 radical (unpaired) electrons. The average Bonchev–Trinajstić information content (AvgIpc) is 2.31. The minimum atomic E-state index is -1.23. The first-order valence-electron chi connectivity index (χ1n) is 6.02. The zero-order valence-electron chi connectivity index (χ0n) is 10.1. The molecule has 0 aromatic rings. The van der Waals surface area contributed by atoms with Crippen molar-refractivity contribution in [3.8, 4) is 0 Å². The molecule has 0 aromatic carbocycles. The summed E-state index contributed by atoms with van der Waals surface area (Å²) in [6.45, 7) is 1.89. The first kappa shape index (κ1) is 13.9. The SMILES string of the molecule is CCOC(=O)C(N)C(=O)NC1CCC(N)CC1. The van der Waals surface area contributed by atoms with Crippen LogP contribution in [0.2, 0.25) is 0 Å². The molecule has 1 amide bonds. The summed E-state index contributed by atoms with van der Waals surface area (Å²) in [5, 5.41) is 2.76. The van der Waals surface area contributed by atoms with Gasteiger partial charge < -0.3 is 21.5 Å². The maximum Gasteiger partial charge on any atom is 0.332 e. The summed E-state index contributed by atoms with van der Waals surface area (Å²) in [4.78, 5) is 22.9. The number of ether oxygens (including phenoxy) is 1. The van der Waals surface area contributed by atoms with E-state index in [0.717, 1.165) is 25.7 Å². The number of nitrogens with one attached hydrogen (secondary N) is 1. The summed E-state index contributed by atoms with van der Waals surface area (Å²) in [5.41, 5.74) is 11.2. The zero-order chi connectivity index (χ0) is 12.8. The predicted molar refractivity (Wildman–Crippen MR) is 63.0 cm³/mol. The third-order valence-electron chi connectivity index (χ3n) is 2.94. The summed E-state index contributed by atoms with van der Waals surface area (Å²) in [7, 11) is 0. The van der Waals surface area contributed by atoms with Gasteiger partial charge in [-0.05, 0) is 32.6 Å². The van der Waals surface area contributed by atoms with Crippen LogP contribution in [0.1, 0.15) is 32.6 Å². The molecule has 0 aromatic heterocycles. The molecule has 6 nitrogen and oxygen atoms in total. The third-order valence-corrected chi connectivity index (χ3v) is 2.94. The van der Waals surface area contributed by atoms with Crippen molar-refractivity contribution in [3.63, 3.8) is 0 Å². The van der Waals surface area contributed by atoms with Gasteiger partial charge in [0.2, 0.25) is 5.91 Å². The second kappa shape index (κ2) is 6.56. The molecule has 0 heterocycles. The van der Waals surface area contributed by atoms with E-state index in [1.54, 1.807) is 6.92 Å². The van der Waals surface area contributed by atoms with E-state index in [0.29, 0.717) is 0 Å². The lowest BCUT2D eigenvalue weighted by Crippen LogP contribution is -2.51. The Bertz CT molecular complexity index is 275. The molecule has 5 N–H and O–H groups in total. The second-order valence-corrected chi connectivity index (χ2v) is 4.35. The van der Waals surface area contributed by atoms with Crippen LogP contribution in [0.5, 0.6) is 0 Å². The molecule has 98 valence electrons. The summed E-state index contributed by atoms with van der Waals surface area (Å²) in [5.74, 6) is -1.15. The van der Waals surface area contributed by atoms with Crippen molar-refractivity contribution in [2.24, 2.45) is 11.5 Å². The number of amides is 1. The quantitative estimate of drug-likeness (QED) is 0.445. The number of hydrogen-bond acceptors (Lipinski definition) is 5. The van der Waals surface area contributed by atoms with E-state index in [-0.39, 0.29) is 18.7 Å². The molecule has 17 heavy (non-hydrogen) atoms. The number of esters is 1. The molecule has 0 saturated heterocycles. The number of nitrogens with two attached hydrogens (primary N) is 2. The Labute approximate surface area is 101 Å². The smallest absolute Gasteiger partial charge is 0.332 e. The molecular formula is C11H21N3O3. The van der Waals surface area contributed by atoms with E-state index in [9.17, 15) is 9.59 Å². The van der Waals surface area contributed by atoms with Gasteiger partial charge in [0, 0.05) is 12.1 Å². The van der Waals surface area contributed by atoms with Gasteiger partial charge in [-0.15, -0.1) is 0 Å². The highest BCUT2D eigenvalue weighted by molar-refractivity contribution is 6.01. The topological polar surface area (TPSA) is 107 Å². The highest BCUT2D eigenvalue weighted by Crippen LogP contribution is 2.16. The van der Waals surface area contributed by atoms with Crippen molar-refractivity contribution in [1.29, 1.82) is 0 Å². The second-order valence-electron chi connectivity index (χ2n) is 4.35. The van der Waals surface area contributed by atoms with E-state index in [4.69, 9.17) is 11.5 Å². The first-order chi connectivity index (χ1) is 8.04. The van der Waals surface area contributed by atoms with Crippen molar-refractivity contribution in [1.82, 2.24) is 5.32 Å². The minimum absolute atomic E-state index is 0.0720. The Morgan fingerprint density at radius 2 is 1.94 bits per heavy atom. The van der Waals surface area contributed by atoms with Gasteiger partial charge in [0.15, 0.2) is 6.04 Å². The van der Waals surface area contributed by atoms with E-state index in [1.807, 2.05) is 0 Å². The van der Waals surface area contributed by atoms with Crippen LogP contribution >= 0.6 is 0 Å². The van der Waals surface area contributed by atoms with Crippen molar-refractivity contribution >= 4 is 11.9 Å². The highest BCUT2D eigenvalue weighted by Gasteiger charge is 2.27. The van der Waals surface area contributed by atoms with Gasteiger partial charge in [0.1, 0.15) is 0 Å². The van der Waals surface area contributed by atoms with Crippen LogP contribution in [0.4, 0.5) is 0 Å². The van der Waals surface area contributed by atoms with Crippen LogP contribution in [0, 0.1) is 0 Å². The van der Waals surface area contributed by atoms with Crippen molar-refractivity contribution in [2.75, 3.05) is 6.61 Å². The molecule has 1 saturated carbocycles. The zero-order valence-corrected chi connectivity index (χ0v) is 10.1. The van der Waals surface area contributed by atoms with Crippen LogP contribution < -0.4 is 16.8 Å². The van der Waals surface area contributed by atoms with Gasteiger partial charge in [-0.1, -0.05) is 0 Å². The maximum atomic E-state index is 11.6. The van der Waals surface area contributed by atoms with E-state index in [2.05, 4.69) is 10.1 Å². The standard InChI is InChI=1S/C11H21N3O3/c1-2-17-11(16)9(13)10(15)14-8-5-3-7(12)4-6-8/h7-9H,2-6,12-13H2,1H3,(H,14,15). The number of carbonyl (C=O) groups is 2. The molecule has 0 aliphatic heterocycles. The van der Waals surface area contributed by atoms with Gasteiger partial charge >= 0.3 is 5.97 Å². The Hall–Kier alpha value is -1.14. The Balaban J connectivity index is 2.35. The molecule has 1 atom stereocenters. The lowest BCUT2D eigenvalue weighted by molar-refractivity contribution is -0.148. The van der Waals surface area contributed by atoms with Gasteiger partial charge in [-0.25, -0.2) is 4.79 Å².